The summed E-state index contributed by atoms with van der Waals surface area (Å²) < 4.78 is 10.7. The van der Waals surface area contributed by atoms with Gasteiger partial charge in [-0.15, -0.1) is 11.3 Å². The number of ether oxygens (including phenoxy) is 2. The maximum Gasteiger partial charge on any atom is 0.139 e. The van der Waals surface area contributed by atoms with Crippen LogP contribution in [0.15, 0.2) is 53.6 Å². The highest BCUT2D eigenvalue weighted by Crippen LogP contribution is 2.37. The molecule has 0 amide bonds. The van der Waals surface area contributed by atoms with Crippen molar-refractivity contribution in [1.82, 2.24) is 4.98 Å². The predicted octanol–water partition coefficient (Wildman–Crippen LogP) is 4.90. The molecule has 2 N–H and O–H groups in total. The number of rotatable bonds is 5. The summed E-state index contributed by atoms with van der Waals surface area (Å²) in [7, 11) is 3.16. The smallest absolute Gasteiger partial charge is 0.139 e. The minimum atomic E-state index is 0.126. The van der Waals surface area contributed by atoms with Gasteiger partial charge in [-0.25, -0.2) is 4.98 Å². The first kappa shape index (κ1) is 19.0. The molecule has 0 radical (unpaired) electrons. The van der Waals surface area contributed by atoms with Gasteiger partial charge in [0.05, 0.1) is 37.7 Å². The van der Waals surface area contributed by atoms with Crippen LogP contribution in [0.1, 0.15) is 10.6 Å². The van der Waals surface area contributed by atoms with Crippen LogP contribution in [0.4, 0.5) is 5.69 Å². The van der Waals surface area contributed by atoms with Crippen molar-refractivity contribution >= 4 is 28.4 Å². The maximum atomic E-state index is 10.6. The zero-order valence-electron chi connectivity index (χ0n) is 16.4. The quantitative estimate of drug-likeness (QED) is 0.629. The van der Waals surface area contributed by atoms with E-state index in [1.165, 1.54) is 16.9 Å². The number of aliphatic hydroxyl groups excluding tert-OH is 1. The fraction of sp³-hybridized carbons (Fsp3) is 0.182. The van der Waals surface area contributed by atoms with Crippen molar-refractivity contribution < 1.29 is 14.6 Å². The fourth-order valence-electron chi connectivity index (χ4n) is 3.22. The van der Waals surface area contributed by atoms with Gasteiger partial charge in [-0.2, -0.15) is 0 Å². The van der Waals surface area contributed by atoms with E-state index in [1.54, 1.807) is 25.2 Å². The molecule has 0 bridgehead atoms. The number of aryl methyl sites for hydroxylation is 1. The fourth-order valence-corrected chi connectivity index (χ4v) is 4.11. The number of aromatic nitrogens is 1. The van der Waals surface area contributed by atoms with Crippen LogP contribution in [0.2, 0.25) is 0 Å². The van der Waals surface area contributed by atoms with E-state index in [0.717, 1.165) is 11.3 Å². The second-order valence-corrected chi connectivity index (χ2v) is 7.59. The summed E-state index contributed by atoms with van der Waals surface area (Å²) in [6.45, 7) is 2.24. The second-order valence-electron chi connectivity index (χ2n) is 6.73. The average molecular weight is 407 g/mol. The molecule has 148 valence electrons. The number of thiazole rings is 1. The lowest BCUT2D eigenvalue weighted by Gasteiger charge is -2.20. The Balaban J connectivity index is 1.64. The minimum absolute atomic E-state index is 0.126. The predicted molar refractivity (Wildman–Crippen MR) is 116 cm³/mol. The highest BCUT2D eigenvalue weighted by Gasteiger charge is 2.31. The monoisotopic (exact) mass is 407 g/mol. The van der Waals surface area contributed by atoms with E-state index in [0.29, 0.717) is 27.8 Å². The summed E-state index contributed by atoms with van der Waals surface area (Å²) in [5.74, 6) is 1.57. The van der Waals surface area contributed by atoms with Crippen molar-refractivity contribution in [2.24, 2.45) is 0 Å². The Bertz CT molecular complexity index is 1080. The molecule has 1 aliphatic rings. The molecule has 0 aliphatic carbocycles. The molecule has 0 saturated carbocycles. The average Bonchev–Trinajstić information content (AvgIpc) is 3.32. The Labute approximate surface area is 173 Å². The number of anilines is 1. The summed E-state index contributed by atoms with van der Waals surface area (Å²) >= 11 is 1.42. The van der Waals surface area contributed by atoms with Gasteiger partial charge in [-0.3, -0.25) is 5.41 Å². The van der Waals surface area contributed by atoms with E-state index in [2.05, 4.69) is 4.98 Å². The second kappa shape index (κ2) is 7.60. The van der Waals surface area contributed by atoms with Crippen LogP contribution in [0.25, 0.3) is 16.8 Å². The molecule has 29 heavy (non-hydrogen) atoms. The highest BCUT2D eigenvalue weighted by molar-refractivity contribution is 7.11. The molecule has 3 aromatic rings. The topological polar surface area (TPSA) is 78.7 Å². The molecular weight excluding hydrogens is 386 g/mol. The van der Waals surface area contributed by atoms with Crippen molar-refractivity contribution in [3.8, 4) is 22.8 Å². The number of methoxy groups -OCH3 is 2. The Morgan fingerprint density at radius 3 is 2.34 bits per heavy atom. The zero-order chi connectivity index (χ0) is 20.5. The minimum Gasteiger partial charge on any atom is -0.510 e. The van der Waals surface area contributed by atoms with Gasteiger partial charge in [0.2, 0.25) is 0 Å². The summed E-state index contributed by atoms with van der Waals surface area (Å²) in [4.78, 5) is 6.38. The van der Waals surface area contributed by atoms with Gasteiger partial charge in [-0.05, 0) is 6.92 Å². The summed E-state index contributed by atoms with van der Waals surface area (Å²) in [5, 5.41) is 21.8. The molecular formula is C22H21N3O3S. The first-order valence-corrected chi connectivity index (χ1v) is 9.92. The standard InChI is InChI=1S/C22H21N3O3S/c1-13-4-6-14(7-5-13)18-12-29-22(24-18)20-19(26)11-25(21(20)23)15-8-16(27-2)10-17(9-15)28-3/h4-10,12,23,26H,11H2,1-3H3. The van der Waals surface area contributed by atoms with Crippen LogP contribution in [-0.4, -0.2) is 36.7 Å². The van der Waals surface area contributed by atoms with E-state index >= 15 is 0 Å². The van der Waals surface area contributed by atoms with Gasteiger partial charge >= 0.3 is 0 Å². The molecule has 0 saturated heterocycles. The van der Waals surface area contributed by atoms with Crippen molar-refractivity contribution in [3.63, 3.8) is 0 Å². The van der Waals surface area contributed by atoms with Crippen molar-refractivity contribution in [1.29, 1.82) is 5.41 Å². The highest BCUT2D eigenvalue weighted by atomic mass is 32.1. The SMILES string of the molecule is COc1cc(OC)cc(N2CC(O)=C(c3nc(-c4ccc(C)cc4)cs3)C2=N)c1. The molecule has 6 nitrogen and oxygen atoms in total. The molecule has 0 fully saturated rings. The third kappa shape index (κ3) is 3.56. The molecule has 0 spiro atoms. The normalized spacial score (nSPS) is 13.9. The van der Waals surface area contributed by atoms with E-state index in [1.807, 2.05) is 48.7 Å². The molecule has 2 aromatic carbocycles. The number of hydrogen-bond donors (Lipinski definition) is 2. The molecule has 0 atom stereocenters. The molecule has 1 aliphatic heterocycles. The molecule has 7 heteroatoms. The number of nitrogens with one attached hydrogen (secondary N) is 1. The summed E-state index contributed by atoms with van der Waals surface area (Å²) in [6.07, 6.45) is 0. The van der Waals surface area contributed by atoms with Gasteiger partial charge in [0, 0.05) is 29.1 Å². The number of nitrogens with zero attached hydrogens (tertiary/aromatic N) is 2. The van der Waals surface area contributed by atoms with Crippen LogP contribution in [-0.2, 0) is 0 Å². The van der Waals surface area contributed by atoms with Crippen LogP contribution in [0.3, 0.4) is 0 Å². The van der Waals surface area contributed by atoms with Crippen molar-refractivity contribution in [3.05, 3.63) is 64.2 Å². The van der Waals surface area contributed by atoms with Gasteiger partial charge in [0.15, 0.2) is 0 Å². The summed E-state index contributed by atoms with van der Waals surface area (Å²) in [6, 6.07) is 13.5. The van der Waals surface area contributed by atoms with Crippen LogP contribution in [0.5, 0.6) is 11.5 Å². The van der Waals surface area contributed by atoms with E-state index in [4.69, 9.17) is 14.9 Å². The van der Waals surface area contributed by atoms with E-state index in [9.17, 15) is 5.11 Å². The third-order valence-corrected chi connectivity index (χ3v) is 5.68. The van der Waals surface area contributed by atoms with Gasteiger partial charge in [0.1, 0.15) is 28.1 Å². The van der Waals surface area contributed by atoms with E-state index < -0.39 is 0 Å². The van der Waals surface area contributed by atoms with Gasteiger partial charge < -0.3 is 19.5 Å². The third-order valence-electron chi connectivity index (χ3n) is 4.82. The Hall–Kier alpha value is -3.32. The van der Waals surface area contributed by atoms with Gasteiger partial charge in [-0.1, -0.05) is 29.8 Å². The molecule has 0 unspecified atom stereocenters. The zero-order valence-corrected chi connectivity index (χ0v) is 17.2. The van der Waals surface area contributed by atoms with Crippen molar-refractivity contribution in [2.75, 3.05) is 25.7 Å². The molecule has 2 heterocycles. The van der Waals surface area contributed by atoms with Crippen LogP contribution >= 0.6 is 11.3 Å². The lowest BCUT2D eigenvalue weighted by Crippen LogP contribution is -2.26. The number of amidine groups is 1. The van der Waals surface area contributed by atoms with Gasteiger partial charge in [0.25, 0.3) is 0 Å². The number of aliphatic hydroxyl groups is 1. The first-order valence-electron chi connectivity index (χ1n) is 9.04. The van der Waals surface area contributed by atoms with Crippen LogP contribution in [0, 0.1) is 12.3 Å². The van der Waals surface area contributed by atoms with E-state index in [-0.39, 0.29) is 18.1 Å². The number of hydrogen-bond acceptors (Lipinski definition) is 6. The maximum absolute atomic E-state index is 10.6. The lowest BCUT2D eigenvalue weighted by atomic mass is 10.1. The largest absolute Gasteiger partial charge is 0.510 e. The van der Waals surface area contributed by atoms with Crippen molar-refractivity contribution in [2.45, 2.75) is 6.92 Å². The Kier molecular flexibility index (Phi) is 4.98. The summed E-state index contributed by atoms with van der Waals surface area (Å²) in [5.41, 5.74) is 4.20. The Morgan fingerprint density at radius 2 is 1.72 bits per heavy atom. The molecule has 4 rings (SSSR count). The first-order chi connectivity index (χ1) is 14.0. The molecule has 1 aromatic heterocycles. The van der Waals surface area contributed by atoms with Crippen LogP contribution < -0.4 is 14.4 Å². The number of benzene rings is 2. The lowest BCUT2D eigenvalue weighted by molar-refractivity contribution is 0.394. The Morgan fingerprint density at radius 1 is 1.07 bits per heavy atom.